The van der Waals surface area contributed by atoms with Gasteiger partial charge in [-0.2, -0.15) is 0 Å². The van der Waals surface area contributed by atoms with E-state index in [-0.39, 0.29) is 6.04 Å². The van der Waals surface area contributed by atoms with Crippen molar-refractivity contribution in [3.8, 4) is 0 Å². The second-order valence-electron chi connectivity index (χ2n) is 5.30. The van der Waals surface area contributed by atoms with Crippen LogP contribution in [0.15, 0.2) is 10.3 Å². The average Bonchev–Trinajstić information content (AvgIpc) is 3.09. The van der Waals surface area contributed by atoms with Gasteiger partial charge in [0.25, 0.3) is 0 Å². The summed E-state index contributed by atoms with van der Waals surface area (Å²) in [6.07, 6.45) is 2.46. The summed E-state index contributed by atoms with van der Waals surface area (Å²) in [7, 11) is -1.89. The summed E-state index contributed by atoms with van der Waals surface area (Å²) in [5.41, 5.74) is 1.03. The van der Waals surface area contributed by atoms with Crippen molar-refractivity contribution < 1.29 is 13.2 Å². The molecule has 1 aromatic rings. The number of thiophene rings is 1. The highest BCUT2D eigenvalue weighted by Gasteiger charge is 2.23. The fourth-order valence-corrected chi connectivity index (χ4v) is 4.71. The molecule has 0 spiro atoms. The van der Waals surface area contributed by atoms with Crippen LogP contribution in [0, 0.1) is 6.92 Å². The molecule has 0 saturated heterocycles. The van der Waals surface area contributed by atoms with Crippen molar-refractivity contribution in [3.05, 3.63) is 16.5 Å². The third-order valence-electron chi connectivity index (χ3n) is 3.16. The van der Waals surface area contributed by atoms with Crippen molar-refractivity contribution in [3.63, 3.8) is 0 Å². The molecule has 1 aromatic heterocycles. The van der Waals surface area contributed by atoms with Gasteiger partial charge in [0, 0.05) is 30.6 Å². The normalized spacial score (nSPS) is 17.4. The van der Waals surface area contributed by atoms with Crippen molar-refractivity contribution in [1.29, 1.82) is 0 Å². The van der Waals surface area contributed by atoms with E-state index in [0.29, 0.717) is 16.9 Å². The maximum atomic E-state index is 12.3. The molecular weight excluding hydrogens is 296 g/mol. The van der Waals surface area contributed by atoms with E-state index in [4.69, 9.17) is 4.74 Å². The standard InChI is InChI=1S/C13H22N2O3S2/c1-9-6-13(19-12(9)7-14-11-4-5-11)20(16,17)15-10(2)8-18-3/h6,10-11,14-15H,4-5,7-8H2,1-3H3. The first-order chi connectivity index (χ1) is 9.42. The number of aryl methyl sites for hydroxylation is 1. The Kier molecular flexibility index (Phi) is 5.19. The van der Waals surface area contributed by atoms with Crippen LogP contribution in [0.2, 0.25) is 0 Å². The largest absolute Gasteiger partial charge is 0.383 e. The Morgan fingerprint density at radius 2 is 2.20 bits per heavy atom. The van der Waals surface area contributed by atoms with Gasteiger partial charge in [0.15, 0.2) is 0 Å². The number of hydrogen-bond acceptors (Lipinski definition) is 5. The zero-order valence-corrected chi connectivity index (χ0v) is 13.7. The molecule has 0 amide bonds. The van der Waals surface area contributed by atoms with Gasteiger partial charge in [-0.25, -0.2) is 13.1 Å². The summed E-state index contributed by atoms with van der Waals surface area (Å²) in [5.74, 6) is 0. The van der Waals surface area contributed by atoms with Gasteiger partial charge in [0.2, 0.25) is 10.0 Å². The molecule has 5 nitrogen and oxygen atoms in total. The van der Waals surface area contributed by atoms with Crippen LogP contribution in [0.1, 0.15) is 30.2 Å². The van der Waals surface area contributed by atoms with Gasteiger partial charge < -0.3 is 10.1 Å². The topological polar surface area (TPSA) is 67.4 Å². The molecule has 0 aliphatic heterocycles. The van der Waals surface area contributed by atoms with Gasteiger partial charge in [-0.3, -0.25) is 0 Å². The fourth-order valence-electron chi connectivity index (χ4n) is 1.93. The first-order valence-electron chi connectivity index (χ1n) is 6.76. The number of rotatable bonds is 8. The SMILES string of the molecule is COCC(C)NS(=O)(=O)c1cc(C)c(CNC2CC2)s1. The zero-order valence-electron chi connectivity index (χ0n) is 12.1. The molecule has 1 atom stereocenters. The molecule has 2 N–H and O–H groups in total. The van der Waals surface area contributed by atoms with Crippen molar-refractivity contribution in [1.82, 2.24) is 10.0 Å². The van der Waals surface area contributed by atoms with Gasteiger partial charge in [-0.15, -0.1) is 11.3 Å². The third kappa shape index (κ3) is 4.26. The van der Waals surface area contributed by atoms with Crippen LogP contribution in [0.5, 0.6) is 0 Å². The number of hydrogen-bond donors (Lipinski definition) is 2. The van der Waals surface area contributed by atoms with Crippen molar-refractivity contribution in [2.75, 3.05) is 13.7 Å². The van der Waals surface area contributed by atoms with Crippen molar-refractivity contribution >= 4 is 21.4 Å². The Balaban J connectivity index is 2.04. The highest BCUT2D eigenvalue weighted by molar-refractivity contribution is 7.91. The van der Waals surface area contributed by atoms with Crippen molar-refractivity contribution in [2.45, 2.75) is 49.5 Å². The van der Waals surface area contributed by atoms with Crippen molar-refractivity contribution in [2.24, 2.45) is 0 Å². The first kappa shape index (κ1) is 15.9. The number of sulfonamides is 1. The molecule has 114 valence electrons. The minimum atomic E-state index is -3.45. The van der Waals surface area contributed by atoms with E-state index in [2.05, 4.69) is 10.0 Å². The van der Waals surface area contributed by atoms with Crippen LogP contribution < -0.4 is 10.0 Å². The highest BCUT2D eigenvalue weighted by atomic mass is 32.2. The number of methoxy groups -OCH3 is 1. The van der Waals surface area contributed by atoms with Gasteiger partial charge in [-0.05, 0) is 38.3 Å². The van der Waals surface area contributed by atoms with Gasteiger partial charge in [0.05, 0.1) is 6.61 Å². The summed E-state index contributed by atoms with van der Waals surface area (Å²) >= 11 is 1.34. The molecule has 2 rings (SSSR count). The summed E-state index contributed by atoms with van der Waals surface area (Å²) in [6.45, 7) is 4.86. The van der Waals surface area contributed by atoms with Crippen LogP contribution in [-0.2, 0) is 21.3 Å². The smallest absolute Gasteiger partial charge is 0.250 e. The summed E-state index contributed by atoms with van der Waals surface area (Å²) < 4.78 is 32.5. The minimum absolute atomic E-state index is 0.236. The zero-order chi connectivity index (χ0) is 14.8. The van der Waals surface area contributed by atoms with Gasteiger partial charge >= 0.3 is 0 Å². The lowest BCUT2D eigenvalue weighted by molar-refractivity contribution is 0.180. The monoisotopic (exact) mass is 318 g/mol. The molecule has 0 bridgehead atoms. The van der Waals surface area contributed by atoms with Crippen LogP contribution >= 0.6 is 11.3 Å². The number of ether oxygens (including phenoxy) is 1. The molecule has 0 radical (unpaired) electrons. The Bertz CT molecular complexity index is 550. The van der Waals surface area contributed by atoms with E-state index in [1.54, 1.807) is 20.1 Å². The average molecular weight is 318 g/mol. The van der Waals surface area contributed by atoms with Crippen LogP contribution in [0.3, 0.4) is 0 Å². The molecule has 0 aromatic carbocycles. The Morgan fingerprint density at radius 1 is 1.50 bits per heavy atom. The second kappa shape index (κ2) is 6.53. The van der Waals surface area contributed by atoms with E-state index in [1.807, 2.05) is 6.92 Å². The predicted octanol–water partition coefficient (Wildman–Crippen LogP) is 1.62. The Labute approximate surface area is 124 Å². The van der Waals surface area contributed by atoms with Gasteiger partial charge in [-0.1, -0.05) is 0 Å². The molecular formula is C13H22N2O3S2. The van der Waals surface area contributed by atoms with E-state index >= 15 is 0 Å². The first-order valence-corrected chi connectivity index (χ1v) is 9.06. The molecule has 1 saturated carbocycles. The fraction of sp³-hybridized carbons (Fsp3) is 0.692. The lowest BCUT2D eigenvalue weighted by Crippen LogP contribution is -2.35. The molecule has 7 heteroatoms. The Hall–Kier alpha value is -0.470. The number of nitrogens with one attached hydrogen (secondary N) is 2. The minimum Gasteiger partial charge on any atom is -0.383 e. The summed E-state index contributed by atoms with van der Waals surface area (Å²) in [4.78, 5) is 1.09. The Morgan fingerprint density at radius 3 is 2.80 bits per heavy atom. The van der Waals surface area contributed by atoms with E-state index in [9.17, 15) is 8.42 Å². The summed E-state index contributed by atoms with van der Waals surface area (Å²) in [5, 5.41) is 3.41. The predicted molar refractivity (Wildman–Crippen MR) is 80.6 cm³/mol. The third-order valence-corrected chi connectivity index (χ3v) is 6.46. The molecule has 20 heavy (non-hydrogen) atoms. The van der Waals surface area contributed by atoms with Crippen LogP contribution in [-0.4, -0.2) is 34.2 Å². The maximum absolute atomic E-state index is 12.3. The van der Waals surface area contributed by atoms with E-state index in [0.717, 1.165) is 17.0 Å². The van der Waals surface area contributed by atoms with Crippen LogP contribution in [0.4, 0.5) is 0 Å². The molecule has 1 unspecified atom stereocenters. The molecule has 1 aliphatic carbocycles. The molecule has 1 aliphatic rings. The highest BCUT2D eigenvalue weighted by Crippen LogP contribution is 2.27. The maximum Gasteiger partial charge on any atom is 0.250 e. The van der Waals surface area contributed by atoms with E-state index in [1.165, 1.54) is 24.2 Å². The second-order valence-corrected chi connectivity index (χ2v) is 8.38. The lowest BCUT2D eigenvalue weighted by Gasteiger charge is -2.11. The van der Waals surface area contributed by atoms with E-state index < -0.39 is 10.0 Å². The van der Waals surface area contributed by atoms with Gasteiger partial charge in [0.1, 0.15) is 4.21 Å². The quantitative estimate of drug-likeness (QED) is 0.764. The lowest BCUT2D eigenvalue weighted by atomic mass is 10.3. The molecule has 1 fully saturated rings. The van der Waals surface area contributed by atoms with Crippen LogP contribution in [0.25, 0.3) is 0 Å². The molecule has 1 heterocycles. The summed E-state index contributed by atoms with van der Waals surface area (Å²) in [6, 6.07) is 2.13.